The molecule has 0 unspecified atom stereocenters. The molecule has 0 atom stereocenters. The summed E-state index contributed by atoms with van der Waals surface area (Å²) in [6.45, 7) is 3.24. The van der Waals surface area contributed by atoms with Crippen molar-refractivity contribution in [2.24, 2.45) is 10.7 Å². The Balaban J connectivity index is 0.00000288. The third-order valence-corrected chi connectivity index (χ3v) is 3.21. The summed E-state index contributed by atoms with van der Waals surface area (Å²) in [4.78, 5) is 4.28. The van der Waals surface area contributed by atoms with Crippen LogP contribution < -0.4 is 15.8 Å². The van der Waals surface area contributed by atoms with E-state index in [0.717, 1.165) is 18.5 Å². The molecule has 2 aromatic carbocycles. The zero-order valence-electron chi connectivity index (χ0n) is 13.7. The van der Waals surface area contributed by atoms with Crippen LogP contribution in [0.1, 0.15) is 18.4 Å². The first-order valence-corrected chi connectivity index (χ1v) is 7.65. The minimum Gasteiger partial charge on any atom is -0.494 e. The second kappa shape index (κ2) is 10.9. The maximum absolute atomic E-state index is 12.7. The predicted octanol–water partition coefficient (Wildman–Crippen LogP) is 4.34. The van der Waals surface area contributed by atoms with Crippen molar-refractivity contribution in [1.29, 1.82) is 0 Å². The topological polar surface area (TPSA) is 59.6 Å². The Hall–Kier alpha value is -1.83. The molecular weight excluding hydrogens is 420 g/mol. The number of hydrogen-bond donors (Lipinski definition) is 2. The van der Waals surface area contributed by atoms with Gasteiger partial charge in [-0.2, -0.15) is 0 Å². The lowest BCUT2D eigenvalue weighted by Crippen LogP contribution is -2.22. The van der Waals surface area contributed by atoms with E-state index >= 15 is 0 Å². The molecule has 0 fully saturated rings. The fourth-order valence-electron chi connectivity index (χ4n) is 2.04. The molecule has 0 saturated heterocycles. The number of aliphatic imine (C=N–C) groups is 1. The maximum atomic E-state index is 12.7. The average molecular weight is 443 g/mol. The Labute approximate surface area is 159 Å². The molecule has 6 heteroatoms. The number of nitrogens with one attached hydrogen (secondary N) is 1. The van der Waals surface area contributed by atoms with E-state index in [4.69, 9.17) is 10.5 Å². The highest BCUT2D eigenvalue weighted by atomic mass is 127. The summed E-state index contributed by atoms with van der Waals surface area (Å²) in [7, 11) is 0. The first-order chi connectivity index (χ1) is 11.1. The summed E-state index contributed by atoms with van der Waals surface area (Å²) < 4.78 is 18.3. The third kappa shape index (κ3) is 7.63. The van der Waals surface area contributed by atoms with Crippen LogP contribution in [0.2, 0.25) is 0 Å². The molecule has 0 aliphatic carbocycles. The quantitative estimate of drug-likeness (QED) is 0.290. The summed E-state index contributed by atoms with van der Waals surface area (Å²) in [5.41, 5.74) is 7.95. The van der Waals surface area contributed by atoms with Gasteiger partial charge < -0.3 is 15.8 Å². The lowest BCUT2D eigenvalue weighted by Gasteiger charge is -2.07. The van der Waals surface area contributed by atoms with E-state index in [0.29, 0.717) is 24.9 Å². The number of rotatable bonds is 7. The molecule has 0 aliphatic rings. The SMILES string of the molecule is Cc1cccc(NC(N)=NCCCCOc2ccc(F)cc2)c1.I. The van der Waals surface area contributed by atoms with Gasteiger partial charge in [-0.15, -0.1) is 24.0 Å². The van der Waals surface area contributed by atoms with Gasteiger partial charge >= 0.3 is 0 Å². The number of nitrogens with zero attached hydrogens (tertiary/aromatic N) is 1. The Morgan fingerprint density at radius 2 is 1.92 bits per heavy atom. The zero-order chi connectivity index (χ0) is 16.5. The van der Waals surface area contributed by atoms with Crippen LogP contribution in [0, 0.1) is 12.7 Å². The van der Waals surface area contributed by atoms with Crippen LogP contribution in [0.4, 0.5) is 10.1 Å². The minimum absolute atomic E-state index is 0. The predicted molar refractivity (Wildman–Crippen MR) is 108 cm³/mol. The summed E-state index contributed by atoms with van der Waals surface area (Å²) in [6, 6.07) is 14.0. The summed E-state index contributed by atoms with van der Waals surface area (Å²) in [6.07, 6.45) is 1.73. The molecule has 0 saturated carbocycles. The molecule has 0 heterocycles. The van der Waals surface area contributed by atoms with Gasteiger partial charge in [0, 0.05) is 12.2 Å². The monoisotopic (exact) mass is 443 g/mol. The number of nitrogens with two attached hydrogens (primary N) is 1. The standard InChI is InChI=1S/C18H22FN3O.HI/c1-14-5-4-6-16(13-14)22-18(20)21-11-2-3-12-23-17-9-7-15(19)8-10-17;/h4-10,13H,2-3,11-12H2,1H3,(H3,20,21,22);1H. The third-order valence-electron chi connectivity index (χ3n) is 3.21. The van der Waals surface area contributed by atoms with Crippen LogP contribution in [0.25, 0.3) is 0 Å². The second-order valence-electron chi connectivity index (χ2n) is 5.27. The molecule has 2 rings (SSSR count). The number of ether oxygens (including phenoxy) is 1. The van der Waals surface area contributed by atoms with Crippen molar-refractivity contribution in [2.45, 2.75) is 19.8 Å². The van der Waals surface area contributed by atoms with Gasteiger partial charge in [-0.1, -0.05) is 12.1 Å². The Morgan fingerprint density at radius 3 is 2.62 bits per heavy atom. The van der Waals surface area contributed by atoms with E-state index in [-0.39, 0.29) is 29.8 Å². The number of aryl methyl sites for hydroxylation is 1. The molecular formula is C18H23FIN3O. The lowest BCUT2D eigenvalue weighted by atomic mass is 10.2. The van der Waals surface area contributed by atoms with Crippen LogP contribution in [0.15, 0.2) is 53.5 Å². The minimum atomic E-state index is -0.261. The highest BCUT2D eigenvalue weighted by Crippen LogP contribution is 2.11. The molecule has 0 radical (unpaired) electrons. The van der Waals surface area contributed by atoms with Crippen LogP contribution in [-0.4, -0.2) is 19.1 Å². The van der Waals surface area contributed by atoms with E-state index in [1.54, 1.807) is 12.1 Å². The smallest absolute Gasteiger partial charge is 0.193 e. The van der Waals surface area contributed by atoms with Crippen molar-refractivity contribution in [3.05, 3.63) is 59.9 Å². The first-order valence-electron chi connectivity index (χ1n) is 7.65. The highest BCUT2D eigenvalue weighted by molar-refractivity contribution is 14.0. The average Bonchev–Trinajstić information content (AvgIpc) is 2.52. The molecule has 0 aromatic heterocycles. The fraction of sp³-hybridized carbons (Fsp3) is 0.278. The summed E-state index contributed by atoms with van der Waals surface area (Å²) in [5, 5.41) is 3.07. The van der Waals surface area contributed by atoms with Crippen LogP contribution in [-0.2, 0) is 0 Å². The molecule has 24 heavy (non-hydrogen) atoms. The van der Waals surface area contributed by atoms with Gasteiger partial charge in [0.15, 0.2) is 5.96 Å². The maximum Gasteiger partial charge on any atom is 0.193 e. The fourth-order valence-corrected chi connectivity index (χ4v) is 2.04. The van der Waals surface area contributed by atoms with E-state index in [1.807, 2.05) is 31.2 Å². The van der Waals surface area contributed by atoms with Crippen molar-refractivity contribution in [3.63, 3.8) is 0 Å². The van der Waals surface area contributed by atoms with Gasteiger partial charge in [0.25, 0.3) is 0 Å². The number of anilines is 1. The molecule has 2 aromatic rings. The Morgan fingerprint density at radius 1 is 1.17 bits per heavy atom. The molecule has 130 valence electrons. The molecule has 3 N–H and O–H groups in total. The number of benzene rings is 2. The van der Waals surface area contributed by atoms with E-state index in [1.165, 1.54) is 17.7 Å². The van der Waals surface area contributed by atoms with Crippen molar-refractivity contribution in [2.75, 3.05) is 18.5 Å². The Bertz CT molecular complexity index is 647. The van der Waals surface area contributed by atoms with Crippen LogP contribution >= 0.6 is 24.0 Å². The van der Waals surface area contributed by atoms with Crippen LogP contribution in [0.5, 0.6) is 5.75 Å². The van der Waals surface area contributed by atoms with Crippen LogP contribution in [0.3, 0.4) is 0 Å². The van der Waals surface area contributed by atoms with Gasteiger partial charge in [-0.05, 0) is 61.7 Å². The summed E-state index contributed by atoms with van der Waals surface area (Å²) in [5.74, 6) is 0.828. The van der Waals surface area contributed by atoms with Gasteiger partial charge in [-0.25, -0.2) is 4.39 Å². The van der Waals surface area contributed by atoms with E-state index < -0.39 is 0 Å². The zero-order valence-corrected chi connectivity index (χ0v) is 16.0. The van der Waals surface area contributed by atoms with E-state index in [9.17, 15) is 4.39 Å². The van der Waals surface area contributed by atoms with Crippen molar-refractivity contribution in [3.8, 4) is 5.75 Å². The number of guanidine groups is 1. The summed E-state index contributed by atoms with van der Waals surface area (Å²) >= 11 is 0. The molecule has 4 nitrogen and oxygen atoms in total. The highest BCUT2D eigenvalue weighted by Gasteiger charge is 1.97. The Kier molecular flexibility index (Phi) is 9.14. The number of halogens is 2. The van der Waals surface area contributed by atoms with Crippen molar-refractivity contribution < 1.29 is 9.13 Å². The lowest BCUT2D eigenvalue weighted by molar-refractivity contribution is 0.307. The van der Waals surface area contributed by atoms with Gasteiger partial charge in [0.05, 0.1) is 6.61 Å². The molecule has 0 amide bonds. The molecule has 0 aliphatic heterocycles. The molecule has 0 spiro atoms. The van der Waals surface area contributed by atoms with Gasteiger partial charge in [0.2, 0.25) is 0 Å². The van der Waals surface area contributed by atoms with Crippen molar-refractivity contribution in [1.82, 2.24) is 0 Å². The van der Waals surface area contributed by atoms with E-state index in [2.05, 4.69) is 10.3 Å². The van der Waals surface area contributed by atoms with Gasteiger partial charge in [0.1, 0.15) is 11.6 Å². The number of unbranched alkanes of at least 4 members (excludes halogenated alkanes) is 1. The first kappa shape index (κ1) is 20.2. The molecule has 0 bridgehead atoms. The van der Waals surface area contributed by atoms with Gasteiger partial charge in [-0.3, -0.25) is 4.99 Å². The largest absolute Gasteiger partial charge is 0.494 e. The second-order valence-corrected chi connectivity index (χ2v) is 5.27. The normalized spacial score (nSPS) is 10.8. The van der Waals surface area contributed by atoms with Crippen molar-refractivity contribution >= 4 is 35.6 Å². The number of hydrogen-bond acceptors (Lipinski definition) is 2.